The predicted octanol–water partition coefficient (Wildman–Crippen LogP) is 4.95. The van der Waals surface area contributed by atoms with E-state index in [9.17, 15) is 4.79 Å². The van der Waals surface area contributed by atoms with Crippen LogP contribution in [0.1, 0.15) is 22.6 Å². The van der Waals surface area contributed by atoms with Crippen molar-refractivity contribution >= 4 is 11.6 Å². The van der Waals surface area contributed by atoms with Crippen molar-refractivity contribution in [1.29, 1.82) is 0 Å². The second kappa shape index (κ2) is 10.6. The number of pyridine rings is 1. The molecule has 4 aromatic rings. The van der Waals surface area contributed by atoms with Crippen LogP contribution in [0.5, 0.6) is 0 Å². The van der Waals surface area contributed by atoms with Crippen molar-refractivity contribution in [1.82, 2.24) is 19.9 Å². The number of para-hydroxylation sites is 1. The summed E-state index contributed by atoms with van der Waals surface area (Å²) in [6, 6.07) is 23.1. The Kier molecular flexibility index (Phi) is 7.17. The monoisotopic (exact) mass is 437 g/mol. The summed E-state index contributed by atoms with van der Waals surface area (Å²) in [6.45, 7) is 0.949. The van der Waals surface area contributed by atoms with E-state index in [1.54, 1.807) is 18.5 Å². The molecule has 0 radical (unpaired) electrons. The third-order valence-corrected chi connectivity index (χ3v) is 5.23. The van der Waals surface area contributed by atoms with E-state index >= 15 is 0 Å². The minimum atomic E-state index is -0.264. The van der Waals surface area contributed by atoms with Gasteiger partial charge in [0.1, 0.15) is 5.69 Å². The highest BCUT2D eigenvalue weighted by molar-refractivity contribution is 6.05. The number of rotatable bonds is 8. The lowest BCUT2D eigenvalue weighted by Crippen LogP contribution is -2.17. The van der Waals surface area contributed by atoms with Gasteiger partial charge in [-0.1, -0.05) is 54.6 Å². The van der Waals surface area contributed by atoms with E-state index in [4.69, 9.17) is 4.98 Å². The van der Waals surface area contributed by atoms with Crippen molar-refractivity contribution in [3.63, 3.8) is 0 Å². The van der Waals surface area contributed by atoms with Crippen LogP contribution in [0.15, 0.2) is 85.2 Å². The van der Waals surface area contributed by atoms with Crippen LogP contribution in [0.25, 0.3) is 22.5 Å². The van der Waals surface area contributed by atoms with Gasteiger partial charge in [0, 0.05) is 40.5 Å². The first-order valence-corrected chi connectivity index (χ1v) is 11.0. The number of hydrogen-bond donors (Lipinski definition) is 1. The highest BCUT2D eigenvalue weighted by atomic mass is 16.1. The van der Waals surface area contributed by atoms with Crippen LogP contribution >= 0.6 is 0 Å². The molecule has 2 aromatic heterocycles. The quantitative estimate of drug-likeness (QED) is 0.422. The molecule has 0 fully saturated rings. The standard InChI is InChI=1S/C27H27N5O/c1-32(2)17-9-13-22-18-25(30-26(29-22)20-10-4-3-5-11-20)27(33)31-24-15-7-6-14-23(24)21-12-8-16-28-19-21/h3-8,10-12,14-16,18-19H,9,13,17H2,1-2H3,(H,31,33). The molecule has 1 amide bonds. The molecule has 6 nitrogen and oxygen atoms in total. The zero-order chi connectivity index (χ0) is 23.0. The van der Waals surface area contributed by atoms with Crippen LogP contribution in [0.4, 0.5) is 5.69 Å². The van der Waals surface area contributed by atoms with E-state index in [1.807, 2.05) is 80.8 Å². The Balaban J connectivity index is 1.65. The molecule has 0 spiro atoms. The van der Waals surface area contributed by atoms with E-state index < -0.39 is 0 Å². The lowest BCUT2D eigenvalue weighted by molar-refractivity contribution is 0.102. The Morgan fingerprint density at radius 1 is 0.909 bits per heavy atom. The molecule has 0 bridgehead atoms. The van der Waals surface area contributed by atoms with Crippen LogP contribution < -0.4 is 5.32 Å². The number of anilines is 1. The molecular formula is C27H27N5O. The molecule has 0 saturated heterocycles. The predicted molar refractivity (Wildman–Crippen MR) is 132 cm³/mol. The van der Waals surface area contributed by atoms with Gasteiger partial charge in [-0.2, -0.15) is 0 Å². The van der Waals surface area contributed by atoms with Gasteiger partial charge < -0.3 is 10.2 Å². The van der Waals surface area contributed by atoms with Gasteiger partial charge in [-0.3, -0.25) is 9.78 Å². The maximum absolute atomic E-state index is 13.3. The maximum Gasteiger partial charge on any atom is 0.274 e. The zero-order valence-electron chi connectivity index (χ0n) is 18.9. The van der Waals surface area contributed by atoms with Gasteiger partial charge in [-0.05, 0) is 51.7 Å². The molecule has 0 atom stereocenters. The summed E-state index contributed by atoms with van der Waals surface area (Å²) in [5.41, 5.74) is 4.65. The molecule has 1 N–H and O–H groups in total. The summed E-state index contributed by atoms with van der Waals surface area (Å²) < 4.78 is 0. The molecule has 2 heterocycles. The van der Waals surface area contributed by atoms with Crippen molar-refractivity contribution in [3.05, 3.63) is 96.6 Å². The Bertz CT molecular complexity index is 1210. The summed E-state index contributed by atoms with van der Waals surface area (Å²) in [4.78, 5) is 29.0. The minimum absolute atomic E-state index is 0.264. The fourth-order valence-corrected chi connectivity index (χ4v) is 3.59. The average Bonchev–Trinajstić information content (AvgIpc) is 2.85. The summed E-state index contributed by atoms with van der Waals surface area (Å²) in [7, 11) is 4.10. The third kappa shape index (κ3) is 5.87. The Labute approximate surface area is 194 Å². The average molecular weight is 438 g/mol. The number of nitrogens with zero attached hydrogens (tertiary/aromatic N) is 4. The minimum Gasteiger partial charge on any atom is -0.320 e. The smallest absolute Gasteiger partial charge is 0.274 e. The molecule has 0 saturated carbocycles. The highest BCUT2D eigenvalue weighted by Crippen LogP contribution is 2.27. The van der Waals surface area contributed by atoms with Crippen molar-refractivity contribution in [3.8, 4) is 22.5 Å². The van der Waals surface area contributed by atoms with E-state index in [0.717, 1.165) is 41.8 Å². The topological polar surface area (TPSA) is 71.0 Å². The number of amides is 1. The molecular weight excluding hydrogens is 410 g/mol. The summed E-state index contributed by atoms with van der Waals surface area (Å²) in [5.74, 6) is 0.295. The van der Waals surface area contributed by atoms with Gasteiger partial charge in [0.2, 0.25) is 0 Å². The fraction of sp³-hybridized carbons (Fsp3) is 0.185. The van der Waals surface area contributed by atoms with Gasteiger partial charge in [0.25, 0.3) is 5.91 Å². The van der Waals surface area contributed by atoms with Gasteiger partial charge >= 0.3 is 0 Å². The number of nitrogens with one attached hydrogen (secondary N) is 1. The van der Waals surface area contributed by atoms with Crippen molar-refractivity contribution < 1.29 is 4.79 Å². The first-order chi connectivity index (χ1) is 16.1. The van der Waals surface area contributed by atoms with E-state index in [0.29, 0.717) is 17.2 Å². The number of benzene rings is 2. The number of aromatic nitrogens is 3. The lowest BCUT2D eigenvalue weighted by Gasteiger charge is -2.13. The largest absolute Gasteiger partial charge is 0.320 e. The Morgan fingerprint density at radius 2 is 1.67 bits per heavy atom. The van der Waals surface area contributed by atoms with Gasteiger partial charge in [-0.15, -0.1) is 0 Å². The molecule has 4 rings (SSSR count). The second-order valence-electron chi connectivity index (χ2n) is 8.08. The molecule has 0 aliphatic rings. The van der Waals surface area contributed by atoms with Crippen LogP contribution in [0.3, 0.4) is 0 Å². The number of hydrogen-bond acceptors (Lipinski definition) is 5. The van der Waals surface area contributed by atoms with Crippen LogP contribution in [0.2, 0.25) is 0 Å². The summed E-state index contributed by atoms with van der Waals surface area (Å²) >= 11 is 0. The molecule has 0 unspecified atom stereocenters. The molecule has 2 aromatic carbocycles. The summed E-state index contributed by atoms with van der Waals surface area (Å²) in [6.07, 6.45) is 5.23. The van der Waals surface area contributed by atoms with E-state index in [2.05, 4.69) is 20.2 Å². The highest BCUT2D eigenvalue weighted by Gasteiger charge is 2.15. The van der Waals surface area contributed by atoms with Crippen LogP contribution in [-0.2, 0) is 6.42 Å². The van der Waals surface area contributed by atoms with Gasteiger partial charge in [0.05, 0.1) is 0 Å². The third-order valence-electron chi connectivity index (χ3n) is 5.23. The van der Waals surface area contributed by atoms with Crippen molar-refractivity contribution in [2.75, 3.05) is 26.0 Å². The van der Waals surface area contributed by atoms with Gasteiger partial charge in [0.15, 0.2) is 5.82 Å². The first kappa shape index (κ1) is 22.3. The maximum atomic E-state index is 13.3. The molecule has 0 aliphatic heterocycles. The number of carbonyl (C=O) groups is 1. The number of carbonyl (C=O) groups excluding carboxylic acids is 1. The van der Waals surface area contributed by atoms with Crippen LogP contribution in [0, 0.1) is 0 Å². The number of aryl methyl sites for hydroxylation is 1. The van der Waals surface area contributed by atoms with E-state index in [-0.39, 0.29) is 5.91 Å². The lowest BCUT2D eigenvalue weighted by atomic mass is 10.1. The Hall–Kier alpha value is -3.90. The second-order valence-corrected chi connectivity index (χ2v) is 8.08. The normalized spacial score (nSPS) is 10.9. The summed E-state index contributed by atoms with van der Waals surface area (Å²) in [5, 5.41) is 3.04. The van der Waals surface area contributed by atoms with Gasteiger partial charge in [-0.25, -0.2) is 9.97 Å². The van der Waals surface area contributed by atoms with Crippen molar-refractivity contribution in [2.24, 2.45) is 0 Å². The molecule has 166 valence electrons. The van der Waals surface area contributed by atoms with Crippen molar-refractivity contribution in [2.45, 2.75) is 12.8 Å². The van der Waals surface area contributed by atoms with Crippen LogP contribution in [-0.4, -0.2) is 46.4 Å². The van der Waals surface area contributed by atoms with E-state index in [1.165, 1.54) is 0 Å². The first-order valence-electron chi connectivity index (χ1n) is 11.0. The fourth-order valence-electron chi connectivity index (χ4n) is 3.59. The zero-order valence-corrected chi connectivity index (χ0v) is 18.9. The molecule has 33 heavy (non-hydrogen) atoms. The Morgan fingerprint density at radius 3 is 2.42 bits per heavy atom. The molecule has 0 aliphatic carbocycles. The SMILES string of the molecule is CN(C)CCCc1cc(C(=O)Nc2ccccc2-c2cccnc2)nc(-c2ccccc2)n1. The molecule has 6 heteroatoms.